The number of allylic oxidation sites excluding steroid dienone is 4. The van der Waals surface area contributed by atoms with Gasteiger partial charge in [0.05, 0.1) is 17.4 Å². The fraction of sp³-hybridized carbons (Fsp3) is 0.235. The lowest BCUT2D eigenvalue weighted by molar-refractivity contribution is -0.305. The lowest BCUT2D eigenvalue weighted by Crippen LogP contribution is -2.40. The minimum Gasteiger partial charge on any atom is -0.743 e. The number of hydrogen-bond acceptors (Lipinski definition) is 10. The number of thioether (sulfide) groups is 1. The van der Waals surface area contributed by atoms with Gasteiger partial charge in [0.2, 0.25) is 10.4 Å². The average Bonchev–Trinajstić information content (AvgIpc) is 3.14. The van der Waals surface area contributed by atoms with Gasteiger partial charge in [0, 0.05) is 12.1 Å². The van der Waals surface area contributed by atoms with Gasteiger partial charge in [0.25, 0.3) is 5.91 Å². The van der Waals surface area contributed by atoms with E-state index in [1.54, 1.807) is 25.1 Å². The van der Waals surface area contributed by atoms with Crippen molar-refractivity contribution in [1.82, 2.24) is 9.38 Å². The topological polar surface area (TPSA) is 127 Å². The summed E-state index contributed by atoms with van der Waals surface area (Å²) in [5.74, 6) is -1.70. The molecule has 3 aliphatic rings. The van der Waals surface area contributed by atoms with Crippen molar-refractivity contribution in [2.24, 2.45) is 0 Å². The number of hydrogen-bond donors (Lipinski definition) is 0. The number of fused-ring (bicyclic) bond motifs is 2. The molecule has 1 spiro atoms. The Labute approximate surface area is 195 Å². The van der Waals surface area contributed by atoms with E-state index in [4.69, 9.17) is 28.6 Å². The predicted octanol–water partition coefficient (Wildman–Crippen LogP) is 1.27. The first-order valence-corrected chi connectivity index (χ1v) is 12.5. The summed E-state index contributed by atoms with van der Waals surface area (Å²) in [5.41, 5.74) is 1.12. The number of halogens is 1. The Kier molecular flexibility index (Phi) is 5.57. The molecule has 4 rings (SSSR count). The molecule has 1 aromatic heterocycles. The highest BCUT2D eigenvalue weighted by Crippen LogP contribution is 2.59. The highest BCUT2D eigenvalue weighted by atomic mass is 35.5. The van der Waals surface area contributed by atoms with E-state index in [-0.39, 0.29) is 26.1 Å². The lowest BCUT2D eigenvalue weighted by Gasteiger charge is -2.14. The molecule has 0 radical (unpaired) electrons. The molecule has 0 bridgehead atoms. The first-order chi connectivity index (χ1) is 14.4. The molecule has 2 unspecified atom stereocenters. The molecule has 2 fully saturated rings. The van der Waals surface area contributed by atoms with E-state index < -0.39 is 33.9 Å². The number of amides is 1. The highest BCUT2D eigenvalue weighted by molar-refractivity contribution is 8.26. The van der Waals surface area contributed by atoms with Gasteiger partial charge < -0.3 is 19.2 Å². The van der Waals surface area contributed by atoms with Crippen molar-refractivity contribution in [2.45, 2.75) is 12.3 Å². The molecule has 4 heterocycles. The smallest absolute Gasteiger partial charge is 0.304 e. The van der Waals surface area contributed by atoms with E-state index in [0.29, 0.717) is 20.7 Å². The molecule has 0 aromatic carbocycles. The Balaban J connectivity index is 1.61. The van der Waals surface area contributed by atoms with Crippen molar-refractivity contribution >= 4 is 78.9 Å². The van der Waals surface area contributed by atoms with Crippen LogP contribution in [0.15, 0.2) is 40.7 Å². The third-order valence-corrected chi connectivity index (χ3v) is 8.50. The van der Waals surface area contributed by atoms with Gasteiger partial charge in [-0.3, -0.25) is 9.69 Å². The zero-order chi connectivity index (χ0) is 22.7. The van der Waals surface area contributed by atoms with Crippen molar-refractivity contribution in [1.29, 1.82) is 0 Å². The van der Waals surface area contributed by atoms with Crippen LogP contribution in [-0.4, -0.2) is 52.5 Å². The van der Waals surface area contributed by atoms with Crippen LogP contribution in [0, 0.1) is 0 Å². The summed E-state index contributed by atoms with van der Waals surface area (Å²) in [7, 11) is -4.57. The molecule has 1 amide bonds. The fourth-order valence-corrected chi connectivity index (χ4v) is 6.86. The number of ether oxygens (including phenoxy) is 1. The second kappa shape index (κ2) is 7.69. The van der Waals surface area contributed by atoms with E-state index >= 15 is 0 Å². The first-order valence-electron chi connectivity index (χ1n) is 8.58. The van der Waals surface area contributed by atoms with Crippen LogP contribution >= 0.6 is 46.9 Å². The molecule has 1 aromatic rings. The lowest BCUT2D eigenvalue weighted by atomic mass is 10.2. The number of carboxylic acids is 1. The highest BCUT2D eigenvalue weighted by Gasteiger charge is 2.70. The van der Waals surface area contributed by atoms with Crippen molar-refractivity contribution < 1.29 is 32.4 Å². The number of carboxylic acid groups (broad SMARTS) is 1. The van der Waals surface area contributed by atoms with E-state index in [1.807, 2.05) is 0 Å². The standard InChI is InChI=1S/C17H13ClN2O7S4/c1-8(4-10-15(23)19(6-14(21)22)17(28)29-10)2-3-12-20(7-13(20)31(24,25)26)9-5-11(18)30-16(9)27-12/h2-5,13H,6-7H2,1H3,(H-,21,22,24,25,26)/p-1. The van der Waals surface area contributed by atoms with Crippen LogP contribution in [0.5, 0.6) is 5.06 Å². The van der Waals surface area contributed by atoms with Gasteiger partial charge in [0.15, 0.2) is 22.4 Å². The Morgan fingerprint density at radius 1 is 1.52 bits per heavy atom. The average molecular weight is 520 g/mol. The monoisotopic (exact) mass is 519 g/mol. The summed E-state index contributed by atoms with van der Waals surface area (Å²) in [6.07, 6.45) is 4.67. The molecule has 0 saturated carbocycles. The first kappa shape index (κ1) is 22.5. The Morgan fingerprint density at radius 3 is 2.84 bits per heavy atom. The van der Waals surface area contributed by atoms with E-state index in [9.17, 15) is 27.7 Å². The normalized spacial score (nSPS) is 28.0. The third-order valence-electron chi connectivity index (χ3n) is 4.81. The minimum atomic E-state index is -4.57. The van der Waals surface area contributed by atoms with Gasteiger partial charge in [-0.1, -0.05) is 46.9 Å². The molecule has 3 aliphatic heterocycles. The van der Waals surface area contributed by atoms with E-state index in [2.05, 4.69) is 0 Å². The Morgan fingerprint density at radius 2 is 2.23 bits per heavy atom. The molecule has 31 heavy (non-hydrogen) atoms. The summed E-state index contributed by atoms with van der Waals surface area (Å²) < 4.78 is 41.0. The molecule has 9 nitrogen and oxygen atoms in total. The van der Waals surface area contributed by atoms with Gasteiger partial charge in [-0.25, -0.2) is 8.42 Å². The number of thiocarbonyl (C=S) groups is 1. The number of quaternary nitrogens is 1. The third kappa shape index (κ3) is 3.95. The second-order valence-corrected chi connectivity index (χ2v) is 11.7. The second-order valence-electron chi connectivity index (χ2n) is 6.88. The van der Waals surface area contributed by atoms with Gasteiger partial charge in [-0.2, -0.15) is 4.48 Å². The number of carbonyl (C=O) groups excluding carboxylic acids is 2. The number of carbonyl (C=O) groups is 2. The molecule has 0 aliphatic carbocycles. The molecular formula is C17H12ClN2O7S4-. The fourth-order valence-electron chi connectivity index (χ4n) is 3.37. The molecule has 14 heteroatoms. The van der Waals surface area contributed by atoms with Crippen molar-refractivity contribution in [3.63, 3.8) is 0 Å². The summed E-state index contributed by atoms with van der Waals surface area (Å²) in [6.45, 7) is 1.11. The summed E-state index contributed by atoms with van der Waals surface area (Å²) in [4.78, 5) is 24.3. The van der Waals surface area contributed by atoms with Crippen molar-refractivity contribution in [3.05, 3.63) is 45.0 Å². The molecule has 164 valence electrons. The van der Waals surface area contributed by atoms with E-state index in [0.717, 1.165) is 28.0 Å². The summed E-state index contributed by atoms with van der Waals surface area (Å²) in [5, 5.41) is 10.0. The molecule has 0 N–H and O–H groups in total. The van der Waals surface area contributed by atoms with Crippen LogP contribution in [0.4, 0.5) is 5.69 Å². The van der Waals surface area contributed by atoms with Crippen molar-refractivity contribution in [3.8, 4) is 5.06 Å². The maximum Gasteiger partial charge on any atom is 0.304 e. The molecule has 2 saturated heterocycles. The van der Waals surface area contributed by atoms with Gasteiger partial charge >= 0.3 is 5.88 Å². The summed E-state index contributed by atoms with van der Waals surface area (Å²) in [6, 6.07) is 1.59. The van der Waals surface area contributed by atoms with Crippen molar-refractivity contribution in [2.75, 3.05) is 13.1 Å². The van der Waals surface area contributed by atoms with Crippen LogP contribution in [0.3, 0.4) is 0 Å². The van der Waals surface area contributed by atoms with Gasteiger partial charge in [-0.15, -0.1) is 0 Å². The summed E-state index contributed by atoms with van der Waals surface area (Å²) >= 11 is 13.1. The Bertz CT molecular complexity index is 1230. The maximum atomic E-state index is 12.3. The SMILES string of the molecule is CC(=CC=C1Oc2sc(Cl)cc2[N+]12CC2S(=O)(=O)[O-])C=C1SC(=S)N(CC(=O)[O-])C1=O. The van der Waals surface area contributed by atoms with Crippen LogP contribution in [0.1, 0.15) is 6.92 Å². The zero-order valence-corrected chi connectivity index (χ0v) is 19.6. The number of thiophene rings is 1. The van der Waals surface area contributed by atoms with Crippen LogP contribution in [0.25, 0.3) is 0 Å². The van der Waals surface area contributed by atoms with E-state index in [1.165, 1.54) is 6.08 Å². The Hall–Kier alpha value is -1.74. The van der Waals surface area contributed by atoms with Crippen LogP contribution < -0.4 is 14.3 Å². The zero-order valence-electron chi connectivity index (χ0n) is 15.6. The predicted molar refractivity (Wildman–Crippen MR) is 117 cm³/mol. The maximum absolute atomic E-state index is 12.3. The number of aliphatic carboxylic acids is 1. The molecule has 2 atom stereocenters. The van der Waals surface area contributed by atoms with Gasteiger partial charge in [0.1, 0.15) is 8.66 Å². The quantitative estimate of drug-likeness (QED) is 0.186. The van der Waals surface area contributed by atoms with Crippen LogP contribution in [-0.2, 0) is 19.7 Å². The number of nitrogens with zero attached hydrogens (tertiary/aromatic N) is 2. The number of rotatable bonds is 5. The molecular weight excluding hydrogens is 508 g/mol. The largest absolute Gasteiger partial charge is 0.743 e. The minimum absolute atomic E-state index is 0.0481. The van der Waals surface area contributed by atoms with Crippen LogP contribution in [0.2, 0.25) is 4.34 Å². The van der Waals surface area contributed by atoms with Gasteiger partial charge in [-0.05, 0) is 24.6 Å².